The van der Waals surface area contributed by atoms with Crippen molar-refractivity contribution in [2.75, 3.05) is 0 Å². The molecule has 3 heteroatoms. The molecule has 100 valence electrons. The highest BCUT2D eigenvalue weighted by Gasteiger charge is 2.07. The molecule has 0 fully saturated rings. The first-order chi connectivity index (χ1) is 9.16. The molecule has 0 aliphatic rings. The van der Waals surface area contributed by atoms with Crippen LogP contribution in [0.25, 0.3) is 0 Å². The number of rotatable bonds is 5. The molecule has 0 heterocycles. The molecule has 0 spiro atoms. The van der Waals surface area contributed by atoms with E-state index in [1.54, 1.807) is 6.07 Å². The maximum Gasteiger partial charge on any atom is 0.126 e. The summed E-state index contributed by atoms with van der Waals surface area (Å²) >= 11 is 3.36. The van der Waals surface area contributed by atoms with Crippen molar-refractivity contribution < 1.29 is 4.39 Å². The van der Waals surface area contributed by atoms with E-state index in [1.165, 1.54) is 6.07 Å². The van der Waals surface area contributed by atoms with Crippen LogP contribution >= 0.6 is 15.9 Å². The molecule has 2 N–H and O–H groups in total. The maximum absolute atomic E-state index is 13.6. The number of hydrogen-bond acceptors (Lipinski definition) is 1. The van der Waals surface area contributed by atoms with Gasteiger partial charge in [0.05, 0.1) is 0 Å². The second-order valence-corrected chi connectivity index (χ2v) is 5.56. The molecule has 1 nitrogen and oxygen atoms in total. The highest BCUT2D eigenvalue weighted by atomic mass is 79.9. The molecule has 0 saturated heterocycles. The smallest absolute Gasteiger partial charge is 0.126 e. The first-order valence-corrected chi connectivity index (χ1v) is 7.20. The van der Waals surface area contributed by atoms with Crippen LogP contribution in [-0.2, 0) is 6.42 Å². The molecular formula is C16H17BrFN. The van der Waals surface area contributed by atoms with Gasteiger partial charge in [0.1, 0.15) is 5.82 Å². The van der Waals surface area contributed by atoms with Crippen LogP contribution in [0.1, 0.15) is 30.0 Å². The van der Waals surface area contributed by atoms with Gasteiger partial charge in [-0.1, -0.05) is 46.3 Å². The third-order valence-electron chi connectivity index (χ3n) is 3.20. The number of benzene rings is 2. The van der Waals surface area contributed by atoms with Gasteiger partial charge in [0.25, 0.3) is 0 Å². The van der Waals surface area contributed by atoms with E-state index in [2.05, 4.69) is 15.9 Å². The molecule has 0 radical (unpaired) electrons. The lowest BCUT2D eigenvalue weighted by Crippen LogP contribution is -2.10. The van der Waals surface area contributed by atoms with E-state index in [0.29, 0.717) is 6.42 Å². The van der Waals surface area contributed by atoms with Crippen LogP contribution in [0.5, 0.6) is 0 Å². The Hall–Kier alpha value is -1.19. The molecule has 0 aromatic heterocycles. The fraction of sp³-hybridized carbons (Fsp3) is 0.250. The molecule has 19 heavy (non-hydrogen) atoms. The SMILES string of the molecule is NC(CCCc1cc(Br)ccc1F)c1ccccc1. The van der Waals surface area contributed by atoms with Gasteiger partial charge < -0.3 is 5.73 Å². The van der Waals surface area contributed by atoms with Crippen LogP contribution in [-0.4, -0.2) is 0 Å². The van der Waals surface area contributed by atoms with Crippen LogP contribution < -0.4 is 5.73 Å². The average Bonchev–Trinajstić information content (AvgIpc) is 2.43. The van der Waals surface area contributed by atoms with Crippen molar-refractivity contribution in [2.45, 2.75) is 25.3 Å². The molecule has 2 rings (SSSR count). The van der Waals surface area contributed by atoms with Gasteiger partial charge in [0.15, 0.2) is 0 Å². The van der Waals surface area contributed by atoms with Gasteiger partial charge in [-0.2, -0.15) is 0 Å². The van der Waals surface area contributed by atoms with Crippen molar-refractivity contribution in [2.24, 2.45) is 5.73 Å². The molecule has 0 amide bonds. The van der Waals surface area contributed by atoms with Crippen molar-refractivity contribution in [3.8, 4) is 0 Å². The summed E-state index contributed by atoms with van der Waals surface area (Å²) in [7, 11) is 0. The van der Waals surface area contributed by atoms with Crippen molar-refractivity contribution in [1.29, 1.82) is 0 Å². The fourth-order valence-electron chi connectivity index (χ4n) is 2.11. The zero-order valence-electron chi connectivity index (χ0n) is 10.7. The predicted octanol–water partition coefficient (Wildman–Crippen LogP) is 4.61. The van der Waals surface area contributed by atoms with E-state index < -0.39 is 0 Å². The van der Waals surface area contributed by atoms with Crippen molar-refractivity contribution in [1.82, 2.24) is 0 Å². The lowest BCUT2D eigenvalue weighted by atomic mass is 10.00. The Morgan fingerprint density at radius 1 is 1.11 bits per heavy atom. The van der Waals surface area contributed by atoms with Crippen molar-refractivity contribution >= 4 is 15.9 Å². The molecule has 1 unspecified atom stereocenters. The summed E-state index contributed by atoms with van der Waals surface area (Å²) in [5.41, 5.74) is 8.01. The lowest BCUT2D eigenvalue weighted by Gasteiger charge is -2.12. The normalized spacial score (nSPS) is 12.4. The zero-order valence-corrected chi connectivity index (χ0v) is 12.2. The maximum atomic E-state index is 13.6. The third-order valence-corrected chi connectivity index (χ3v) is 3.69. The summed E-state index contributed by atoms with van der Waals surface area (Å²) in [6.45, 7) is 0. The van der Waals surface area contributed by atoms with Crippen molar-refractivity contribution in [3.63, 3.8) is 0 Å². The van der Waals surface area contributed by atoms with Crippen LogP contribution in [0.2, 0.25) is 0 Å². The predicted molar refractivity (Wildman–Crippen MR) is 80.4 cm³/mol. The molecule has 1 atom stereocenters. The first-order valence-electron chi connectivity index (χ1n) is 6.41. The summed E-state index contributed by atoms with van der Waals surface area (Å²) in [5, 5.41) is 0. The number of aryl methyl sites for hydroxylation is 1. The number of nitrogens with two attached hydrogens (primary N) is 1. The zero-order chi connectivity index (χ0) is 13.7. The number of halogens is 2. The molecule has 0 saturated carbocycles. The van der Waals surface area contributed by atoms with Gasteiger partial charge in [-0.05, 0) is 48.6 Å². The van der Waals surface area contributed by atoms with Gasteiger partial charge in [0.2, 0.25) is 0 Å². The van der Waals surface area contributed by atoms with E-state index in [1.807, 2.05) is 36.4 Å². The monoisotopic (exact) mass is 321 g/mol. The van der Waals surface area contributed by atoms with Gasteiger partial charge in [-0.3, -0.25) is 0 Å². The second kappa shape index (κ2) is 6.83. The first kappa shape index (κ1) is 14.2. The fourth-order valence-corrected chi connectivity index (χ4v) is 2.52. The Bertz CT molecular complexity index is 528. The largest absolute Gasteiger partial charge is 0.324 e. The molecule has 0 aliphatic carbocycles. The minimum absolute atomic E-state index is 0.0245. The van der Waals surface area contributed by atoms with Gasteiger partial charge in [-0.15, -0.1) is 0 Å². The van der Waals surface area contributed by atoms with Crippen LogP contribution in [0.4, 0.5) is 4.39 Å². The highest BCUT2D eigenvalue weighted by molar-refractivity contribution is 9.10. The van der Waals surface area contributed by atoms with E-state index in [-0.39, 0.29) is 11.9 Å². The Morgan fingerprint density at radius 3 is 2.58 bits per heavy atom. The highest BCUT2D eigenvalue weighted by Crippen LogP contribution is 2.20. The molecule has 2 aromatic carbocycles. The van der Waals surface area contributed by atoms with Gasteiger partial charge in [0, 0.05) is 10.5 Å². The van der Waals surface area contributed by atoms with Crippen LogP contribution in [0, 0.1) is 5.82 Å². The minimum Gasteiger partial charge on any atom is -0.324 e. The molecular weight excluding hydrogens is 305 g/mol. The van der Waals surface area contributed by atoms with E-state index in [0.717, 1.165) is 28.4 Å². The van der Waals surface area contributed by atoms with Crippen LogP contribution in [0.3, 0.4) is 0 Å². The van der Waals surface area contributed by atoms with E-state index >= 15 is 0 Å². The molecule has 2 aromatic rings. The summed E-state index contributed by atoms with van der Waals surface area (Å²) in [5.74, 6) is -0.142. The van der Waals surface area contributed by atoms with Crippen LogP contribution in [0.15, 0.2) is 53.0 Å². The Labute approximate surface area is 121 Å². The summed E-state index contributed by atoms with van der Waals surface area (Å²) in [4.78, 5) is 0. The van der Waals surface area contributed by atoms with Crippen molar-refractivity contribution in [3.05, 3.63) is 69.9 Å². The average molecular weight is 322 g/mol. The standard InChI is InChI=1S/C16H17BrFN/c17-14-9-10-15(18)13(11-14)7-4-8-16(19)12-5-2-1-3-6-12/h1-3,5-6,9-11,16H,4,7-8,19H2. The lowest BCUT2D eigenvalue weighted by molar-refractivity contribution is 0.577. The minimum atomic E-state index is -0.142. The van der Waals surface area contributed by atoms with Gasteiger partial charge >= 0.3 is 0 Å². The molecule has 0 aliphatic heterocycles. The quantitative estimate of drug-likeness (QED) is 0.855. The summed E-state index contributed by atoms with van der Waals surface area (Å²) < 4.78 is 14.5. The topological polar surface area (TPSA) is 26.0 Å². The Kier molecular flexibility index (Phi) is 5.11. The Morgan fingerprint density at radius 2 is 1.84 bits per heavy atom. The number of hydrogen-bond donors (Lipinski definition) is 1. The van der Waals surface area contributed by atoms with E-state index in [9.17, 15) is 4.39 Å². The van der Waals surface area contributed by atoms with Gasteiger partial charge in [-0.25, -0.2) is 4.39 Å². The Balaban J connectivity index is 1.88. The third kappa shape index (κ3) is 4.15. The summed E-state index contributed by atoms with van der Waals surface area (Å²) in [6, 6.07) is 15.1. The second-order valence-electron chi connectivity index (χ2n) is 4.65. The van der Waals surface area contributed by atoms with E-state index in [4.69, 9.17) is 5.73 Å². The summed E-state index contributed by atoms with van der Waals surface area (Å²) in [6.07, 6.45) is 2.45. The molecule has 0 bridgehead atoms.